The molecule has 5 rings (SSSR count). The monoisotopic (exact) mass is 711 g/mol. The Morgan fingerprint density at radius 1 is 1.04 bits per heavy atom. The minimum atomic E-state index is -4.25. The number of ether oxygens (including phenoxy) is 4. The molecule has 0 amide bonds. The maximum Gasteiger partial charge on any atom is 0.342 e. The smallest absolute Gasteiger partial charge is 0.342 e. The van der Waals surface area contributed by atoms with Crippen molar-refractivity contribution < 1.29 is 47.8 Å². The van der Waals surface area contributed by atoms with Crippen molar-refractivity contribution in [2.75, 3.05) is 18.9 Å². The largest absolute Gasteiger partial charge is 0.476 e. The third kappa shape index (κ3) is 8.88. The Hall–Kier alpha value is -2.92. The van der Waals surface area contributed by atoms with Crippen LogP contribution in [0.4, 0.5) is 5.95 Å². The number of carbonyl (C=O) groups excluding carboxylic acids is 2. The number of anilines is 1. The predicted molar refractivity (Wildman–Crippen MR) is 176 cm³/mol. The van der Waals surface area contributed by atoms with Gasteiger partial charge in [-0.1, -0.05) is 12.8 Å². The number of nitrogens with two attached hydrogens (primary N) is 1. The Bertz CT molecular complexity index is 1450. The van der Waals surface area contributed by atoms with E-state index in [1.54, 1.807) is 6.92 Å². The highest BCUT2D eigenvalue weighted by atomic mass is 31.2. The van der Waals surface area contributed by atoms with E-state index in [4.69, 9.17) is 29.2 Å². The molecule has 0 bridgehead atoms. The lowest BCUT2D eigenvalue weighted by Gasteiger charge is -2.29. The summed E-state index contributed by atoms with van der Waals surface area (Å²) in [5.41, 5.74) is 4.45. The lowest BCUT2D eigenvalue weighted by Crippen LogP contribution is -2.46. The SMILES string of the molecule is CCOc1nc(N)nc2c1ncn2[C@@H]1O[C@H](COP(=O)(N[C@@H](C)C(=O)OC2CCCCC2)N[C@@H](C)C(=O)OC2CCCCC2)[C@@H](O)[C@@]1(C)O. The van der Waals surface area contributed by atoms with Gasteiger partial charge in [-0.3, -0.25) is 18.7 Å². The van der Waals surface area contributed by atoms with Gasteiger partial charge in [0, 0.05) is 0 Å². The summed E-state index contributed by atoms with van der Waals surface area (Å²) in [6, 6.07) is -2.18. The second-order valence-corrected chi connectivity index (χ2v) is 15.2. The second kappa shape index (κ2) is 16.0. The number of nitrogen functional groups attached to an aromatic ring is 1. The van der Waals surface area contributed by atoms with Gasteiger partial charge in [-0.25, -0.2) is 15.2 Å². The number of aliphatic hydroxyl groups excluding tert-OH is 1. The number of hydrogen-bond acceptors (Lipinski definition) is 14. The van der Waals surface area contributed by atoms with Crippen LogP contribution in [0.25, 0.3) is 11.2 Å². The molecular weight excluding hydrogens is 661 g/mol. The summed E-state index contributed by atoms with van der Waals surface area (Å²) >= 11 is 0. The number of esters is 2. The average Bonchev–Trinajstić information content (AvgIpc) is 3.58. The third-order valence-corrected chi connectivity index (χ3v) is 11.2. The van der Waals surface area contributed by atoms with Crippen molar-refractivity contribution in [3.8, 4) is 5.88 Å². The van der Waals surface area contributed by atoms with Crippen LogP contribution < -0.4 is 20.6 Å². The van der Waals surface area contributed by atoms with Gasteiger partial charge in [-0.15, -0.1) is 0 Å². The molecule has 0 spiro atoms. The van der Waals surface area contributed by atoms with Crippen molar-refractivity contribution in [3.05, 3.63) is 6.33 Å². The number of aromatic nitrogens is 4. The molecule has 3 fully saturated rings. The number of hydrogen-bond donors (Lipinski definition) is 5. The Morgan fingerprint density at radius 3 is 2.12 bits per heavy atom. The molecule has 6 atom stereocenters. The minimum Gasteiger partial charge on any atom is -0.476 e. The zero-order valence-electron chi connectivity index (χ0n) is 28.6. The van der Waals surface area contributed by atoms with Crippen LogP contribution in [0.5, 0.6) is 5.88 Å². The molecule has 3 heterocycles. The minimum absolute atomic E-state index is 0.0962. The summed E-state index contributed by atoms with van der Waals surface area (Å²) in [5, 5.41) is 28.0. The van der Waals surface area contributed by atoms with Crippen molar-refractivity contribution in [2.24, 2.45) is 0 Å². The summed E-state index contributed by atoms with van der Waals surface area (Å²) in [7, 11) is -4.25. The van der Waals surface area contributed by atoms with Gasteiger partial charge in [0.25, 0.3) is 0 Å². The van der Waals surface area contributed by atoms with E-state index in [1.807, 2.05) is 0 Å². The van der Waals surface area contributed by atoms with Crippen molar-refractivity contribution in [1.29, 1.82) is 0 Å². The fourth-order valence-electron chi connectivity index (χ4n) is 6.50. The number of aliphatic hydroxyl groups is 2. The molecule has 18 heteroatoms. The van der Waals surface area contributed by atoms with Gasteiger partial charge in [0.1, 0.15) is 42.1 Å². The Labute approximate surface area is 285 Å². The highest BCUT2D eigenvalue weighted by molar-refractivity contribution is 7.54. The van der Waals surface area contributed by atoms with Crippen LogP contribution in [0.15, 0.2) is 6.33 Å². The Morgan fingerprint density at radius 2 is 1.59 bits per heavy atom. The summed E-state index contributed by atoms with van der Waals surface area (Å²) in [6.45, 7) is 5.90. The highest BCUT2D eigenvalue weighted by Gasteiger charge is 2.54. The van der Waals surface area contributed by atoms with Crippen LogP contribution in [0.1, 0.15) is 98.1 Å². The molecule has 2 aromatic heterocycles. The zero-order valence-corrected chi connectivity index (χ0v) is 29.5. The first-order chi connectivity index (χ1) is 23.3. The maximum absolute atomic E-state index is 14.4. The third-order valence-electron chi connectivity index (χ3n) is 9.22. The van der Waals surface area contributed by atoms with Gasteiger partial charge < -0.3 is 39.4 Å². The van der Waals surface area contributed by atoms with Gasteiger partial charge in [0.15, 0.2) is 17.4 Å². The first-order valence-electron chi connectivity index (χ1n) is 17.2. The molecule has 17 nitrogen and oxygen atoms in total. The number of carbonyl (C=O) groups is 2. The molecule has 0 unspecified atom stereocenters. The van der Waals surface area contributed by atoms with E-state index in [0.29, 0.717) is 6.61 Å². The lowest BCUT2D eigenvalue weighted by atomic mass is 9.96. The number of nitrogens with one attached hydrogen (secondary N) is 2. The normalized spacial score (nSPS) is 26.8. The highest BCUT2D eigenvalue weighted by Crippen LogP contribution is 2.44. The van der Waals surface area contributed by atoms with E-state index < -0.39 is 62.3 Å². The van der Waals surface area contributed by atoms with E-state index in [1.165, 1.54) is 31.7 Å². The van der Waals surface area contributed by atoms with E-state index in [-0.39, 0.29) is 35.2 Å². The molecule has 274 valence electrons. The molecule has 6 N–H and O–H groups in total. The van der Waals surface area contributed by atoms with Crippen LogP contribution in [-0.4, -0.2) is 97.0 Å². The van der Waals surface area contributed by atoms with Gasteiger partial charge in [0.2, 0.25) is 11.8 Å². The molecule has 2 aliphatic carbocycles. The standard InChI is InChI=1S/C31H50N7O10P/c1-5-44-26-23-25(34-30(32)35-26)38(17-33-23)29-31(4,42)24(39)22(48-29)16-45-49(43,36-18(2)27(40)46-20-12-8-6-9-13-20)37-19(3)28(41)47-21-14-10-7-11-15-21/h17-22,24,29,39,42H,5-16H2,1-4H3,(H2,32,34,35)(H2,36,37,43)/t18-,19-,22+,24+,29+,31+/m0/s1. The molecule has 0 aromatic carbocycles. The average molecular weight is 712 g/mol. The number of nitrogens with zero attached hydrogens (tertiary/aromatic N) is 4. The summed E-state index contributed by atoms with van der Waals surface area (Å²) in [4.78, 5) is 38.7. The van der Waals surface area contributed by atoms with Crippen molar-refractivity contribution in [1.82, 2.24) is 29.7 Å². The molecular formula is C31H50N7O10P. The number of imidazole rings is 1. The van der Waals surface area contributed by atoms with Crippen molar-refractivity contribution in [2.45, 2.75) is 140 Å². The predicted octanol–water partition coefficient (Wildman–Crippen LogP) is 2.65. The Balaban J connectivity index is 1.31. The summed E-state index contributed by atoms with van der Waals surface area (Å²) in [6.07, 6.45) is 5.91. The summed E-state index contributed by atoms with van der Waals surface area (Å²) in [5.74, 6) is -1.18. The molecule has 1 aliphatic heterocycles. The molecule has 1 saturated heterocycles. The van der Waals surface area contributed by atoms with E-state index in [0.717, 1.165) is 64.2 Å². The number of fused-ring (bicyclic) bond motifs is 1. The van der Waals surface area contributed by atoms with Gasteiger partial charge >= 0.3 is 19.6 Å². The van der Waals surface area contributed by atoms with E-state index in [2.05, 4.69) is 25.1 Å². The van der Waals surface area contributed by atoms with Crippen molar-refractivity contribution >= 4 is 36.7 Å². The van der Waals surface area contributed by atoms with Crippen LogP contribution in [0.3, 0.4) is 0 Å². The summed E-state index contributed by atoms with van der Waals surface area (Å²) < 4.78 is 44.5. The topological polar surface area (TPSA) is 231 Å². The number of rotatable bonds is 14. The van der Waals surface area contributed by atoms with Crippen LogP contribution in [0.2, 0.25) is 0 Å². The molecule has 0 radical (unpaired) electrons. The van der Waals surface area contributed by atoms with Gasteiger partial charge in [-0.2, -0.15) is 9.97 Å². The molecule has 2 aromatic rings. The quantitative estimate of drug-likeness (QED) is 0.140. The first kappa shape index (κ1) is 37.3. The van der Waals surface area contributed by atoms with E-state index >= 15 is 0 Å². The molecule has 49 heavy (non-hydrogen) atoms. The maximum atomic E-state index is 14.4. The van der Waals surface area contributed by atoms with E-state index in [9.17, 15) is 24.4 Å². The first-order valence-corrected chi connectivity index (χ1v) is 18.8. The second-order valence-electron chi connectivity index (χ2n) is 13.3. The molecule has 3 aliphatic rings. The Kier molecular flexibility index (Phi) is 12.2. The lowest BCUT2D eigenvalue weighted by molar-refractivity contribution is -0.152. The zero-order chi connectivity index (χ0) is 35.3. The van der Waals surface area contributed by atoms with Gasteiger partial charge in [-0.05, 0) is 79.1 Å². The van der Waals surface area contributed by atoms with Crippen LogP contribution >= 0.6 is 7.67 Å². The fraction of sp³-hybridized carbons (Fsp3) is 0.774. The molecule has 2 saturated carbocycles. The fourth-order valence-corrected chi connectivity index (χ4v) is 8.31. The van der Waals surface area contributed by atoms with Gasteiger partial charge in [0.05, 0.1) is 19.5 Å². The van der Waals surface area contributed by atoms with Crippen molar-refractivity contribution in [3.63, 3.8) is 0 Å². The van der Waals surface area contributed by atoms with Crippen LogP contribution in [-0.2, 0) is 32.9 Å². The van der Waals surface area contributed by atoms with Crippen LogP contribution in [0, 0.1) is 0 Å².